The highest BCUT2D eigenvalue weighted by Crippen LogP contribution is 2.28. The smallest absolute Gasteiger partial charge is 0.249 e. The van der Waals surface area contributed by atoms with Crippen molar-refractivity contribution in [2.45, 2.75) is 10.3 Å². The van der Waals surface area contributed by atoms with E-state index in [1.165, 1.54) is 18.9 Å². The molecule has 1 unspecified atom stereocenters. The van der Waals surface area contributed by atoms with Gasteiger partial charge in [-0.2, -0.15) is 0 Å². The lowest BCUT2D eigenvalue weighted by atomic mass is 10.4. The minimum absolute atomic E-state index is 0.237. The van der Waals surface area contributed by atoms with Crippen LogP contribution in [0.3, 0.4) is 0 Å². The highest BCUT2D eigenvalue weighted by molar-refractivity contribution is 8.00. The molecule has 0 bridgehead atoms. The van der Waals surface area contributed by atoms with Gasteiger partial charge in [-0.15, -0.1) is 0 Å². The van der Waals surface area contributed by atoms with Crippen LogP contribution in [0.15, 0.2) is 23.4 Å². The summed E-state index contributed by atoms with van der Waals surface area (Å²) >= 11 is 7.14. The molecule has 3 N–H and O–H groups in total. The fourth-order valence-electron chi connectivity index (χ4n) is 1.00. The van der Waals surface area contributed by atoms with Crippen LogP contribution in [0, 0.1) is 0 Å². The van der Waals surface area contributed by atoms with Gasteiger partial charge in [0.15, 0.2) is 0 Å². The largest absolute Gasteiger partial charge is 0.383 e. The van der Waals surface area contributed by atoms with Crippen LogP contribution in [0.2, 0.25) is 5.02 Å². The molecule has 0 radical (unpaired) electrons. The molecule has 0 aromatic carbocycles. The second-order valence-electron chi connectivity index (χ2n) is 2.86. The summed E-state index contributed by atoms with van der Waals surface area (Å²) in [5, 5.41) is 0.607. The van der Waals surface area contributed by atoms with E-state index >= 15 is 0 Å². The number of hydrogen-bond acceptors (Lipinski definition) is 5. The molecule has 1 amide bonds. The van der Waals surface area contributed by atoms with Gasteiger partial charge in [0.05, 0.1) is 11.6 Å². The number of carbonyl (C=O) groups excluding carboxylic acids is 1. The van der Waals surface area contributed by atoms with Gasteiger partial charge >= 0.3 is 0 Å². The zero-order valence-electron chi connectivity index (χ0n) is 8.64. The number of nitrogens with one attached hydrogen (secondary N) is 1. The van der Waals surface area contributed by atoms with Crippen LogP contribution in [-0.4, -0.2) is 29.9 Å². The number of carbonyl (C=O) groups is 1. The van der Waals surface area contributed by atoms with E-state index < -0.39 is 5.25 Å². The molecule has 0 spiro atoms. The number of pyridine rings is 1. The molecule has 0 saturated carbocycles. The van der Waals surface area contributed by atoms with Crippen molar-refractivity contribution in [1.82, 2.24) is 10.4 Å². The lowest BCUT2D eigenvalue weighted by Crippen LogP contribution is -2.39. The van der Waals surface area contributed by atoms with E-state index in [0.717, 1.165) is 0 Å². The number of halogens is 1. The van der Waals surface area contributed by atoms with E-state index in [2.05, 4.69) is 10.4 Å². The van der Waals surface area contributed by atoms with Crippen LogP contribution < -0.4 is 11.3 Å². The van der Waals surface area contributed by atoms with Crippen molar-refractivity contribution in [3.63, 3.8) is 0 Å². The molecule has 88 valence electrons. The first-order valence-corrected chi connectivity index (χ1v) is 5.71. The molecule has 1 heterocycles. The molecule has 16 heavy (non-hydrogen) atoms. The molecule has 0 fully saturated rings. The Morgan fingerprint density at radius 1 is 1.81 bits per heavy atom. The molecule has 1 rings (SSSR count). The van der Waals surface area contributed by atoms with Gasteiger partial charge in [-0.25, -0.2) is 10.8 Å². The van der Waals surface area contributed by atoms with Crippen LogP contribution in [0.5, 0.6) is 0 Å². The van der Waals surface area contributed by atoms with Crippen molar-refractivity contribution in [1.29, 1.82) is 0 Å². The minimum Gasteiger partial charge on any atom is -0.383 e. The number of thioether (sulfide) groups is 1. The molecule has 0 aliphatic heterocycles. The van der Waals surface area contributed by atoms with E-state index in [9.17, 15) is 4.79 Å². The van der Waals surface area contributed by atoms with E-state index in [4.69, 9.17) is 22.2 Å². The van der Waals surface area contributed by atoms with Crippen LogP contribution in [-0.2, 0) is 9.53 Å². The molecule has 5 nitrogen and oxygen atoms in total. The fourth-order valence-corrected chi connectivity index (χ4v) is 2.21. The Bertz CT molecular complexity index is 364. The van der Waals surface area contributed by atoms with E-state index in [-0.39, 0.29) is 12.5 Å². The van der Waals surface area contributed by atoms with Crippen molar-refractivity contribution in [3.8, 4) is 0 Å². The summed E-state index contributed by atoms with van der Waals surface area (Å²) in [7, 11) is 1.51. The SMILES string of the molecule is COCC(Sc1ncccc1Cl)C(=O)NN. The Kier molecular flexibility index (Phi) is 5.54. The Morgan fingerprint density at radius 3 is 3.12 bits per heavy atom. The van der Waals surface area contributed by atoms with Gasteiger partial charge in [0.2, 0.25) is 5.91 Å². The summed E-state index contributed by atoms with van der Waals surface area (Å²) in [6.07, 6.45) is 1.61. The monoisotopic (exact) mass is 261 g/mol. The lowest BCUT2D eigenvalue weighted by Gasteiger charge is -2.13. The topological polar surface area (TPSA) is 77.2 Å². The molecule has 0 saturated heterocycles. The number of aromatic nitrogens is 1. The van der Waals surface area contributed by atoms with Gasteiger partial charge in [-0.1, -0.05) is 23.4 Å². The Labute approximate surface area is 103 Å². The zero-order chi connectivity index (χ0) is 12.0. The summed E-state index contributed by atoms with van der Waals surface area (Å²) < 4.78 is 4.93. The van der Waals surface area contributed by atoms with Crippen molar-refractivity contribution in [2.24, 2.45) is 5.84 Å². The highest BCUT2D eigenvalue weighted by atomic mass is 35.5. The first kappa shape index (κ1) is 13.2. The highest BCUT2D eigenvalue weighted by Gasteiger charge is 2.20. The van der Waals surface area contributed by atoms with E-state index in [1.54, 1.807) is 18.3 Å². The maximum absolute atomic E-state index is 11.4. The number of nitrogens with zero attached hydrogens (tertiary/aromatic N) is 1. The summed E-state index contributed by atoms with van der Waals surface area (Å²) in [5.41, 5.74) is 2.08. The Hall–Kier alpha value is -0.820. The predicted octanol–water partition coefficient (Wildman–Crippen LogP) is 0.832. The number of amides is 1. The summed E-state index contributed by atoms with van der Waals surface area (Å²) in [4.78, 5) is 15.5. The number of hydrogen-bond donors (Lipinski definition) is 2. The third-order valence-corrected chi connectivity index (χ3v) is 3.33. The second kappa shape index (κ2) is 6.70. The molecule has 1 aromatic rings. The fraction of sp³-hybridized carbons (Fsp3) is 0.333. The number of ether oxygens (including phenoxy) is 1. The van der Waals surface area contributed by atoms with E-state index in [1.807, 2.05) is 0 Å². The van der Waals surface area contributed by atoms with E-state index in [0.29, 0.717) is 10.0 Å². The van der Waals surface area contributed by atoms with Crippen LogP contribution in [0.4, 0.5) is 0 Å². The van der Waals surface area contributed by atoms with Gasteiger partial charge in [0.25, 0.3) is 0 Å². The van der Waals surface area contributed by atoms with Gasteiger partial charge in [0.1, 0.15) is 10.3 Å². The van der Waals surface area contributed by atoms with Gasteiger partial charge in [-0.05, 0) is 12.1 Å². The van der Waals surface area contributed by atoms with Gasteiger partial charge < -0.3 is 4.74 Å². The lowest BCUT2D eigenvalue weighted by molar-refractivity contribution is -0.121. The molecule has 0 aliphatic carbocycles. The van der Waals surface area contributed by atoms with Crippen LogP contribution >= 0.6 is 23.4 Å². The molecule has 1 atom stereocenters. The molecule has 1 aromatic heterocycles. The maximum atomic E-state index is 11.4. The number of rotatable bonds is 5. The van der Waals surface area contributed by atoms with Crippen LogP contribution in [0.25, 0.3) is 0 Å². The standard InChI is InChI=1S/C9H12ClN3O2S/c1-15-5-7(8(14)13-11)16-9-6(10)3-2-4-12-9/h2-4,7H,5,11H2,1H3,(H,13,14). The normalized spacial score (nSPS) is 12.2. The third kappa shape index (κ3) is 3.64. The van der Waals surface area contributed by atoms with Crippen LogP contribution in [0.1, 0.15) is 0 Å². The summed E-state index contributed by atoms with van der Waals surface area (Å²) in [6, 6.07) is 3.43. The average molecular weight is 262 g/mol. The quantitative estimate of drug-likeness (QED) is 0.355. The molecular formula is C9H12ClN3O2S. The molecular weight excluding hydrogens is 250 g/mol. The van der Waals surface area contributed by atoms with Crippen molar-refractivity contribution in [3.05, 3.63) is 23.4 Å². The number of hydrazine groups is 1. The zero-order valence-corrected chi connectivity index (χ0v) is 10.2. The molecule has 0 aliphatic rings. The number of methoxy groups -OCH3 is 1. The minimum atomic E-state index is -0.470. The molecule has 7 heteroatoms. The summed E-state index contributed by atoms with van der Waals surface area (Å²) in [6.45, 7) is 0.237. The third-order valence-electron chi connectivity index (χ3n) is 1.73. The Balaban J connectivity index is 2.75. The van der Waals surface area contributed by atoms with Gasteiger partial charge in [0, 0.05) is 13.3 Å². The Morgan fingerprint density at radius 2 is 2.56 bits per heavy atom. The van der Waals surface area contributed by atoms with Crippen molar-refractivity contribution < 1.29 is 9.53 Å². The average Bonchev–Trinajstić information content (AvgIpc) is 2.30. The first-order valence-electron chi connectivity index (χ1n) is 4.45. The maximum Gasteiger partial charge on any atom is 0.249 e. The predicted molar refractivity (Wildman–Crippen MR) is 63.1 cm³/mol. The van der Waals surface area contributed by atoms with Crippen molar-refractivity contribution in [2.75, 3.05) is 13.7 Å². The second-order valence-corrected chi connectivity index (χ2v) is 4.46. The van der Waals surface area contributed by atoms with Crippen molar-refractivity contribution >= 4 is 29.3 Å². The van der Waals surface area contributed by atoms with Gasteiger partial charge in [-0.3, -0.25) is 10.2 Å². The summed E-state index contributed by atoms with van der Waals surface area (Å²) in [5.74, 6) is 4.75. The number of nitrogens with two attached hydrogens (primary N) is 1. The first-order chi connectivity index (χ1) is 7.69.